The van der Waals surface area contributed by atoms with E-state index in [0.29, 0.717) is 5.56 Å². The fourth-order valence-corrected chi connectivity index (χ4v) is 2.89. The fraction of sp³-hybridized carbons (Fsp3) is 0.435. The Morgan fingerprint density at radius 3 is 2.13 bits per heavy atom. The maximum absolute atomic E-state index is 12.7. The van der Waals surface area contributed by atoms with E-state index in [4.69, 9.17) is 4.74 Å². The van der Waals surface area contributed by atoms with Gasteiger partial charge in [-0.05, 0) is 53.2 Å². The molecule has 0 heterocycles. The van der Waals surface area contributed by atoms with Crippen molar-refractivity contribution in [3.05, 3.63) is 75.8 Å². The van der Waals surface area contributed by atoms with Gasteiger partial charge in [0.25, 0.3) is 5.69 Å². The highest BCUT2D eigenvalue weighted by molar-refractivity contribution is 5.68. The van der Waals surface area contributed by atoms with E-state index in [-0.39, 0.29) is 5.69 Å². The van der Waals surface area contributed by atoms with E-state index in [1.165, 1.54) is 6.07 Å². The van der Waals surface area contributed by atoms with Crippen LogP contribution in [0.15, 0.2) is 64.8 Å². The summed E-state index contributed by atoms with van der Waals surface area (Å²) in [6.07, 6.45) is -0.643. The van der Waals surface area contributed by atoms with Gasteiger partial charge in [0.15, 0.2) is 0 Å². The second-order valence-electron chi connectivity index (χ2n) is 9.18. The molecule has 0 spiro atoms. The number of nitro benzene ring substituents is 1. The number of rotatable bonds is 6. The van der Waals surface area contributed by atoms with Gasteiger partial charge >= 0.3 is 6.09 Å². The van der Waals surface area contributed by atoms with E-state index in [2.05, 4.69) is 15.5 Å². The van der Waals surface area contributed by atoms with E-state index in [1.807, 2.05) is 51.1 Å². The quantitative estimate of drug-likeness (QED) is 0.339. The zero-order valence-electron chi connectivity index (χ0n) is 18.8. The summed E-state index contributed by atoms with van der Waals surface area (Å²) < 4.78 is 5.44. The van der Waals surface area contributed by atoms with Gasteiger partial charge in [0.05, 0.1) is 22.1 Å². The molecule has 0 aliphatic carbocycles. The maximum Gasteiger partial charge on any atom is 0.408 e. The molecule has 31 heavy (non-hydrogen) atoms. The minimum atomic E-state index is -0.837. The number of alkyl carbamates (subject to hydrolysis) is 1. The molecule has 166 valence electrons. The van der Waals surface area contributed by atoms with Gasteiger partial charge in [0, 0.05) is 6.07 Å². The summed E-state index contributed by atoms with van der Waals surface area (Å²) in [5.41, 5.74) is -0.219. The van der Waals surface area contributed by atoms with Crippen molar-refractivity contribution < 1.29 is 14.5 Å². The Labute approximate surface area is 182 Å². The van der Waals surface area contributed by atoms with Crippen LogP contribution in [-0.4, -0.2) is 22.2 Å². The Bertz CT molecular complexity index is 931. The molecule has 1 N–H and O–H groups in total. The summed E-state index contributed by atoms with van der Waals surface area (Å²) in [5, 5.41) is 23.4. The molecule has 8 heteroatoms. The Hall–Kier alpha value is -3.29. The highest BCUT2D eigenvalue weighted by atomic mass is 16.6. The third kappa shape index (κ3) is 7.47. The zero-order chi connectivity index (χ0) is 23.2. The van der Waals surface area contributed by atoms with E-state index in [1.54, 1.807) is 39.0 Å². The van der Waals surface area contributed by atoms with E-state index >= 15 is 0 Å². The zero-order valence-corrected chi connectivity index (χ0v) is 18.8. The smallest absolute Gasteiger partial charge is 0.408 e. The van der Waals surface area contributed by atoms with Crippen molar-refractivity contribution in [3.63, 3.8) is 0 Å². The molecule has 1 amide bonds. The van der Waals surface area contributed by atoms with Crippen LogP contribution in [-0.2, 0) is 4.74 Å². The number of amides is 1. The SMILES string of the molecule is CC(C)(C)N=N[C@@H](c1ccccc1[N+](=O)[O-])[C@H](NC(=O)OC(C)(C)C)c1ccccc1. The first kappa shape index (κ1) is 24.0. The van der Waals surface area contributed by atoms with Gasteiger partial charge in [0.1, 0.15) is 11.6 Å². The maximum atomic E-state index is 12.7. The van der Waals surface area contributed by atoms with E-state index in [0.717, 1.165) is 5.56 Å². The number of benzene rings is 2. The predicted molar refractivity (Wildman–Crippen MR) is 119 cm³/mol. The molecule has 0 saturated carbocycles. The van der Waals surface area contributed by atoms with Crippen molar-refractivity contribution in [2.24, 2.45) is 10.2 Å². The molecule has 0 bridgehead atoms. The number of azo groups is 1. The number of carbonyl (C=O) groups excluding carboxylic acids is 1. The van der Waals surface area contributed by atoms with Crippen molar-refractivity contribution in [1.29, 1.82) is 0 Å². The summed E-state index contributed by atoms with van der Waals surface area (Å²) in [6.45, 7) is 10.9. The average Bonchev–Trinajstić information content (AvgIpc) is 2.66. The number of ether oxygens (including phenoxy) is 1. The van der Waals surface area contributed by atoms with Crippen molar-refractivity contribution in [3.8, 4) is 0 Å². The summed E-state index contributed by atoms with van der Waals surface area (Å²) in [5.74, 6) is 0. The van der Waals surface area contributed by atoms with Gasteiger partial charge in [0.2, 0.25) is 0 Å². The second-order valence-corrected chi connectivity index (χ2v) is 9.18. The molecule has 0 unspecified atom stereocenters. The molecule has 8 nitrogen and oxygen atoms in total. The molecule has 0 fully saturated rings. The lowest BCUT2D eigenvalue weighted by molar-refractivity contribution is -0.385. The van der Waals surface area contributed by atoms with Gasteiger partial charge in [-0.2, -0.15) is 10.2 Å². The van der Waals surface area contributed by atoms with Crippen LogP contribution in [0.2, 0.25) is 0 Å². The molecule has 0 aliphatic rings. The van der Waals surface area contributed by atoms with Crippen molar-refractivity contribution in [1.82, 2.24) is 5.32 Å². The normalized spacial score (nSPS) is 14.1. The number of nitrogens with one attached hydrogen (secondary N) is 1. The van der Waals surface area contributed by atoms with Crippen LogP contribution in [0.5, 0.6) is 0 Å². The first-order valence-electron chi connectivity index (χ1n) is 10.1. The highest BCUT2D eigenvalue weighted by Gasteiger charge is 2.33. The molecule has 2 atom stereocenters. The summed E-state index contributed by atoms with van der Waals surface area (Å²) >= 11 is 0. The molecule has 0 aliphatic heterocycles. The van der Waals surface area contributed by atoms with Crippen LogP contribution in [0.3, 0.4) is 0 Å². The predicted octanol–water partition coefficient (Wildman–Crippen LogP) is 6.15. The molecule has 0 aromatic heterocycles. The lowest BCUT2D eigenvalue weighted by Crippen LogP contribution is -2.37. The molecule has 2 aromatic carbocycles. The number of para-hydroxylation sites is 1. The van der Waals surface area contributed by atoms with Gasteiger partial charge in [-0.15, -0.1) is 0 Å². The van der Waals surface area contributed by atoms with Crippen LogP contribution in [0, 0.1) is 10.1 Å². The lowest BCUT2D eigenvalue weighted by atomic mass is 9.93. The van der Waals surface area contributed by atoms with Crippen LogP contribution in [0.25, 0.3) is 0 Å². The number of nitrogens with zero attached hydrogens (tertiary/aromatic N) is 3. The fourth-order valence-electron chi connectivity index (χ4n) is 2.89. The Balaban J connectivity index is 2.62. The van der Waals surface area contributed by atoms with Gasteiger partial charge < -0.3 is 10.1 Å². The Morgan fingerprint density at radius 1 is 1.00 bits per heavy atom. The number of hydrogen-bond donors (Lipinski definition) is 1. The number of nitro groups is 1. The minimum Gasteiger partial charge on any atom is -0.444 e. The Kier molecular flexibility index (Phi) is 7.49. The Morgan fingerprint density at radius 2 is 1.58 bits per heavy atom. The van der Waals surface area contributed by atoms with Crippen molar-refractivity contribution >= 4 is 11.8 Å². The van der Waals surface area contributed by atoms with Gasteiger partial charge in [-0.25, -0.2) is 4.79 Å². The first-order valence-corrected chi connectivity index (χ1v) is 10.1. The van der Waals surface area contributed by atoms with Gasteiger partial charge in [-0.1, -0.05) is 42.5 Å². The molecular weight excluding hydrogens is 396 g/mol. The van der Waals surface area contributed by atoms with E-state index < -0.39 is 34.2 Å². The number of carbonyl (C=O) groups is 1. The summed E-state index contributed by atoms with van der Waals surface area (Å²) in [4.78, 5) is 23.9. The third-order valence-electron chi connectivity index (χ3n) is 4.08. The molecule has 0 radical (unpaired) electrons. The minimum absolute atomic E-state index is 0.0905. The monoisotopic (exact) mass is 426 g/mol. The van der Waals surface area contributed by atoms with Gasteiger partial charge in [-0.3, -0.25) is 10.1 Å². The van der Waals surface area contributed by atoms with Crippen molar-refractivity contribution in [2.45, 2.75) is 64.8 Å². The first-order chi connectivity index (χ1) is 14.4. The third-order valence-corrected chi connectivity index (χ3v) is 4.08. The topological polar surface area (TPSA) is 106 Å². The van der Waals surface area contributed by atoms with Crippen LogP contribution >= 0.6 is 0 Å². The lowest BCUT2D eigenvalue weighted by Gasteiger charge is -2.28. The van der Waals surface area contributed by atoms with Crippen molar-refractivity contribution in [2.75, 3.05) is 0 Å². The highest BCUT2D eigenvalue weighted by Crippen LogP contribution is 2.38. The van der Waals surface area contributed by atoms with E-state index in [9.17, 15) is 14.9 Å². The average molecular weight is 427 g/mol. The molecular formula is C23H30N4O4. The molecule has 0 saturated heterocycles. The van der Waals surface area contributed by atoms with Crippen LogP contribution in [0.1, 0.15) is 64.8 Å². The van der Waals surface area contributed by atoms with Crippen LogP contribution in [0.4, 0.5) is 10.5 Å². The molecule has 2 rings (SSSR count). The molecule has 2 aromatic rings. The second kappa shape index (κ2) is 9.68. The standard InChI is InChI=1S/C23H30N4O4/c1-22(2,3)26-25-20(17-14-10-11-15-18(17)27(29)30)19(16-12-8-7-9-13-16)24-21(28)31-23(4,5)6/h7-15,19-20H,1-6H3,(H,24,28)/t19-,20+/m1/s1. The van der Waals surface area contributed by atoms with Crippen LogP contribution < -0.4 is 5.32 Å². The number of hydrogen-bond acceptors (Lipinski definition) is 6. The summed E-state index contributed by atoms with van der Waals surface area (Å²) in [7, 11) is 0. The summed E-state index contributed by atoms with van der Waals surface area (Å²) in [6, 6.07) is 14.0. The largest absolute Gasteiger partial charge is 0.444 e.